The molecule has 2 unspecified atom stereocenters. The fourth-order valence-corrected chi connectivity index (χ4v) is 4.80. The summed E-state index contributed by atoms with van der Waals surface area (Å²) < 4.78 is 26.5. The Bertz CT molecular complexity index is 1030. The summed E-state index contributed by atoms with van der Waals surface area (Å²) in [5.41, 5.74) is -0.177. The molecular weight excluding hydrogens is 414 g/mol. The second-order valence-corrected chi connectivity index (χ2v) is 8.51. The molecule has 1 aromatic heterocycles. The van der Waals surface area contributed by atoms with E-state index >= 15 is 0 Å². The van der Waals surface area contributed by atoms with Gasteiger partial charge in [-0.15, -0.1) is 11.3 Å². The van der Waals surface area contributed by atoms with E-state index < -0.39 is 35.7 Å². The number of aromatic nitrogens is 1. The fraction of sp³-hybridized carbons (Fsp3) is 0.400. The number of nitrogens with one attached hydrogen (secondary N) is 2. The second kappa shape index (κ2) is 7.75. The molecular formula is C20H20F2N4O3S. The minimum absolute atomic E-state index is 0.00777. The number of urea groups is 1. The predicted molar refractivity (Wildman–Crippen MR) is 107 cm³/mol. The van der Waals surface area contributed by atoms with Crippen molar-refractivity contribution in [1.29, 1.82) is 0 Å². The second-order valence-electron chi connectivity index (χ2n) is 7.65. The van der Waals surface area contributed by atoms with Crippen LogP contribution >= 0.6 is 11.3 Å². The number of amides is 4. The highest BCUT2D eigenvalue weighted by atomic mass is 32.1. The molecule has 158 valence electrons. The molecule has 10 heteroatoms. The fourth-order valence-electron chi connectivity index (χ4n) is 4.06. The maximum Gasteiger partial charge on any atom is 0.325 e. The van der Waals surface area contributed by atoms with E-state index in [9.17, 15) is 23.2 Å². The summed E-state index contributed by atoms with van der Waals surface area (Å²) in [5.74, 6) is -2.87. The van der Waals surface area contributed by atoms with Crippen LogP contribution in [0.25, 0.3) is 11.3 Å². The normalized spacial score (nSPS) is 23.7. The summed E-state index contributed by atoms with van der Waals surface area (Å²) in [6, 6.07) is 2.85. The molecule has 2 aromatic rings. The van der Waals surface area contributed by atoms with Gasteiger partial charge in [0.15, 0.2) is 16.8 Å². The third kappa shape index (κ3) is 3.55. The highest BCUT2D eigenvalue weighted by Gasteiger charge is 2.55. The molecule has 0 radical (unpaired) electrons. The molecule has 0 bridgehead atoms. The van der Waals surface area contributed by atoms with Gasteiger partial charge in [0.25, 0.3) is 5.91 Å². The SMILES string of the molecule is CC1CCCCC12NC(=O)N(CC(=O)Nc1nc(-c3ccc(F)c(F)c3)cs1)C2=O. The first-order valence-corrected chi connectivity index (χ1v) is 10.5. The van der Waals surface area contributed by atoms with Crippen LogP contribution in [-0.4, -0.2) is 39.8 Å². The monoisotopic (exact) mass is 434 g/mol. The Labute approximate surface area is 175 Å². The Hall–Kier alpha value is -2.88. The molecule has 1 spiro atoms. The first kappa shape index (κ1) is 20.4. The van der Waals surface area contributed by atoms with E-state index in [0.717, 1.165) is 47.6 Å². The van der Waals surface area contributed by atoms with Crippen LogP contribution in [0.2, 0.25) is 0 Å². The van der Waals surface area contributed by atoms with Gasteiger partial charge in [0.1, 0.15) is 12.1 Å². The summed E-state index contributed by atoms with van der Waals surface area (Å²) in [5, 5.41) is 7.18. The lowest BCUT2D eigenvalue weighted by atomic mass is 9.73. The van der Waals surface area contributed by atoms with Crippen molar-refractivity contribution < 1.29 is 23.2 Å². The van der Waals surface area contributed by atoms with Crippen LogP contribution in [0.5, 0.6) is 0 Å². The van der Waals surface area contributed by atoms with Gasteiger partial charge in [0, 0.05) is 10.9 Å². The lowest BCUT2D eigenvalue weighted by Crippen LogP contribution is -2.54. The van der Waals surface area contributed by atoms with E-state index in [1.807, 2.05) is 6.92 Å². The molecule has 2 atom stereocenters. The Morgan fingerprint density at radius 2 is 2.13 bits per heavy atom. The van der Waals surface area contributed by atoms with Crippen molar-refractivity contribution in [2.75, 3.05) is 11.9 Å². The van der Waals surface area contributed by atoms with Crippen molar-refractivity contribution in [3.63, 3.8) is 0 Å². The number of carbonyl (C=O) groups is 3. The minimum atomic E-state index is -0.990. The van der Waals surface area contributed by atoms with Gasteiger partial charge in [0.2, 0.25) is 5.91 Å². The third-order valence-electron chi connectivity index (χ3n) is 5.77. The molecule has 4 amide bonds. The van der Waals surface area contributed by atoms with Crippen molar-refractivity contribution in [2.24, 2.45) is 5.92 Å². The average molecular weight is 434 g/mol. The summed E-state index contributed by atoms with van der Waals surface area (Å²) >= 11 is 1.10. The first-order valence-electron chi connectivity index (χ1n) is 9.65. The summed E-state index contributed by atoms with van der Waals surface area (Å²) in [6.45, 7) is 1.52. The molecule has 1 aliphatic carbocycles. The van der Waals surface area contributed by atoms with E-state index in [0.29, 0.717) is 17.7 Å². The summed E-state index contributed by atoms with van der Waals surface area (Å²) in [6.07, 6.45) is 3.28. The third-order valence-corrected chi connectivity index (χ3v) is 6.53. The topological polar surface area (TPSA) is 91.4 Å². The maximum absolute atomic E-state index is 13.4. The zero-order valence-electron chi connectivity index (χ0n) is 16.2. The van der Waals surface area contributed by atoms with E-state index in [1.54, 1.807) is 5.38 Å². The van der Waals surface area contributed by atoms with Crippen molar-refractivity contribution >= 4 is 34.3 Å². The molecule has 7 nitrogen and oxygen atoms in total. The molecule has 1 aliphatic heterocycles. The Morgan fingerprint density at radius 3 is 2.87 bits per heavy atom. The van der Waals surface area contributed by atoms with Gasteiger partial charge in [-0.1, -0.05) is 19.8 Å². The van der Waals surface area contributed by atoms with Crippen molar-refractivity contribution in [3.05, 3.63) is 35.2 Å². The number of thiazole rings is 1. The number of hydrogen-bond donors (Lipinski definition) is 2. The molecule has 2 N–H and O–H groups in total. The van der Waals surface area contributed by atoms with Crippen LogP contribution in [0.4, 0.5) is 18.7 Å². The lowest BCUT2D eigenvalue weighted by molar-refractivity contribution is -0.136. The van der Waals surface area contributed by atoms with Gasteiger partial charge in [-0.05, 0) is 37.0 Å². The van der Waals surface area contributed by atoms with Crippen LogP contribution in [0.15, 0.2) is 23.6 Å². The molecule has 1 saturated carbocycles. The van der Waals surface area contributed by atoms with E-state index in [4.69, 9.17) is 0 Å². The molecule has 2 heterocycles. The number of halogens is 2. The summed E-state index contributed by atoms with van der Waals surface area (Å²) in [4.78, 5) is 42.9. The number of imide groups is 1. The van der Waals surface area contributed by atoms with Gasteiger partial charge < -0.3 is 10.6 Å². The quantitative estimate of drug-likeness (QED) is 0.721. The van der Waals surface area contributed by atoms with Gasteiger partial charge in [-0.3, -0.25) is 14.5 Å². The maximum atomic E-state index is 13.4. The number of nitrogens with zero attached hydrogens (tertiary/aromatic N) is 2. The zero-order chi connectivity index (χ0) is 21.5. The molecule has 4 rings (SSSR count). The van der Waals surface area contributed by atoms with Crippen molar-refractivity contribution in [2.45, 2.75) is 38.1 Å². The van der Waals surface area contributed by atoms with Gasteiger partial charge in [-0.25, -0.2) is 18.6 Å². The van der Waals surface area contributed by atoms with Crippen LogP contribution in [-0.2, 0) is 9.59 Å². The average Bonchev–Trinajstić information content (AvgIpc) is 3.25. The number of carbonyl (C=O) groups excluding carboxylic acids is 3. The van der Waals surface area contributed by atoms with Gasteiger partial charge in [-0.2, -0.15) is 0 Å². The van der Waals surface area contributed by atoms with Crippen LogP contribution < -0.4 is 10.6 Å². The Kier molecular flexibility index (Phi) is 5.27. The number of hydrogen-bond acceptors (Lipinski definition) is 5. The van der Waals surface area contributed by atoms with Crippen LogP contribution in [0.1, 0.15) is 32.6 Å². The van der Waals surface area contributed by atoms with Gasteiger partial charge >= 0.3 is 6.03 Å². The predicted octanol–water partition coefficient (Wildman–Crippen LogP) is 3.53. The summed E-state index contributed by atoms with van der Waals surface area (Å²) in [7, 11) is 0. The standard InChI is InChI=1S/C20H20F2N4O3S/c1-11-4-2-3-7-20(11)17(28)26(19(29)25-20)9-16(27)24-18-23-15(10-30-18)12-5-6-13(21)14(22)8-12/h5-6,8,10-11H,2-4,7,9H2,1H3,(H,25,29)(H,23,24,27). The molecule has 30 heavy (non-hydrogen) atoms. The van der Waals surface area contributed by atoms with E-state index in [-0.39, 0.29) is 17.0 Å². The largest absolute Gasteiger partial charge is 0.325 e. The van der Waals surface area contributed by atoms with E-state index in [2.05, 4.69) is 15.6 Å². The van der Waals surface area contributed by atoms with Crippen molar-refractivity contribution in [1.82, 2.24) is 15.2 Å². The van der Waals surface area contributed by atoms with Crippen LogP contribution in [0.3, 0.4) is 0 Å². The molecule has 1 aromatic carbocycles. The molecule has 2 fully saturated rings. The van der Waals surface area contributed by atoms with Crippen molar-refractivity contribution in [3.8, 4) is 11.3 Å². The number of rotatable bonds is 4. The number of benzene rings is 1. The Balaban J connectivity index is 1.43. The van der Waals surface area contributed by atoms with E-state index in [1.165, 1.54) is 6.07 Å². The molecule has 2 aliphatic rings. The highest BCUT2D eigenvalue weighted by Crippen LogP contribution is 2.38. The zero-order valence-corrected chi connectivity index (χ0v) is 17.0. The Morgan fingerprint density at radius 1 is 1.33 bits per heavy atom. The van der Waals surface area contributed by atoms with Crippen LogP contribution in [0, 0.1) is 17.6 Å². The first-order chi connectivity index (χ1) is 14.3. The van der Waals surface area contributed by atoms with Gasteiger partial charge in [0.05, 0.1) is 5.69 Å². The number of anilines is 1. The molecule has 1 saturated heterocycles. The lowest BCUT2D eigenvalue weighted by Gasteiger charge is -2.36. The minimum Gasteiger partial charge on any atom is -0.323 e. The smallest absolute Gasteiger partial charge is 0.323 e. The highest BCUT2D eigenvalue weighted by molar-refractivity contribution is 7.14.